The van der Waals surface area contributed by atoms with Crippen LogP contribution in [0.15, 0.2) is 48.6 Å². The Morgan fingerprint density at radius 1 is 0.438 bits per heavy atom. The van der Waals surface area contributed by atoms with Gasteiger partial charge in [0.1, 0.15) is 19.3 Å². The Kier molecular flexibility index (Phi) is 58.6. The van der Waals surface area contributed by atoms with Crippen molar-refractivity contribution in [3.05, 3.63) is 48.6 Å². The lowest BCUT2D eigenvalue weighted by atomic mass is 10.0. The lowest BCUT2D eigenvalue weighted by Crippen LogP contribution is -2.47. The van der Waals surface area contributed by atoms with E-state index in [0.717, 1.165) is 77.0 Å². The Morgan fingerprint density at radius 3 is 1.16 bits per heavy atom. The number of carbonyl (C=O) groups is 2. The van der Waals surface area contributed by atoms with E-state index in [9.17, 15) is 19.0 Å². The maximum Gasteiger partial charge on any atom is 0.472 e. The van der Waals surface area contributed by atoms with E-state index in [2.05, 4.69) is 62.5 Å². The highest BCUT2D eigenvalue weighted by atomic mass is 31.2. The summed E-state index contributed by atoms with van der Waals surface area (Å²) >= 11 is 0. The van der Waals surface area contributed by atoms with Crippen LogP contribution in [0.3, 0.4) is 0 Å². The van der Waals surface area contributed by atoms with Crippen molar-refractivity contribution >= 4 is 19.7 Å². The molecule has 2 N–H and O–H groups in total. The molecule has 0 spiro atoms. The predicted octanol–water partition coefficient (Wildman–Crippen LogP) is 21.6. The second-order valence-corrected chi connectivity index (χ2v) is 26.2. The first-order valence-electron chi connectivity index (χ1n) is 34.5. The first kappa shape index (κ1) is 78.0. The van der Waals surface area contributed by atoms with E-state index in [1.165, 1.54) is 225 Å². The van der Waals surface area contributed by atoms with Crippen molar-refractivity contribution in [2.24, 2.45) is 0 Å². The van der Waals surface area contributed by atoms with Gasteiger partial charge in [0.05, 0.1) is 33.8 Å². The SMILES string of the molecule is CCCCC/C=C/C=C/CCCCCCCCC(=O)NC(COP(=O)(O)OCC[N+](C)(C)C)C(/C=C\CCCCCCCCCCCC)OC(=O)CCCCCCCCCCCCCCCCCCC/C=C/CCCCCCCC. The van der Waals surface area contributed by atoms with E-state index in [1.807, 2.05) is 33.3 Å². The minimum absolute atomic E-state index is 0.0389. The normalized spacial score (nSPS) is 13.8. The molecule has 0 fully saturated rings. The molecule has 0 radical (unpaired) electrons. The Bertz CT molecular complexity index is 1510. The van der Waals surface area contributed by atoms with Crippen molar-refractivity contribution in [3.63, 3.8) is 0 Å². The van der Waals surface area contributed by atoms with Crippen LogP contribution < -0.4 is 5.32 Å². The van der Waals surface area contributed by atoms with Gasteiger partial charge in [0.25, 0.3) is 0 Å². The molecule has 3 unspecified atom stereocenters. The number of quaternary nitrogens is 1. The van der Waals surface area contributed by atoms with Crippen LogP contribution >= 0.6 is 7.82 Å². The molecule has 80 heavy (non-hydrogen) atoms. The highest BCUT2D eigenvalue weighted by Gasteiger charge is 2.30. The highest BCUT2D eigenvalue weighted by Crippen LogP contribution is 2.43. The largest absolute Gasteiger partial charge is 0.472 e. The molecule has 0 heterocycles. The van der Waals surface area contributed by atoms with Crippen LogP contribution in [0, 0.1) is 0 Å². The molecule has 0 saturated heterocycles. The van der Waals surface area contributed by atoms with Gasteiger partial charge < -0.3 is 19.4 Å². The molecule has 0 aliphatic heterocycles. The summed E-state index contributed by atoms with van der Waals surface area (Å²) in [6.45, 7) is 7.01. The number of nitrogens with one attached hydrogen (secondary N) is 1. The summed E-state index contributed by atoms with van der Waals surface area (Å²) in [5.41, 5.74) is 0. The van der Waals surface area contributed by atoms with Crippen LogP contribution in [-0.4, -0.2) is 74.3 Å². The van der Waals surface area contributed by atoms with Gasteiger partial charge in [-0.25, -0.2) is 4.57 Å². The molecule has 470 valence electrons. The molecule has 0 aliphatic rings. The molecular weight excluding hydrogens is 1010 g/mol. The van der Waals surface area contributed by atoms with Crippen molar-refractivity contribution in [1.82, 2.24) is 5.32 Å². The summed E-state index contributed by atoms with van der Waals surface area (Å²) < 4.78 is 30.8. The third-order valence-corrected chi connectivity index (χ3v) is 16.5. The van der Waals surface area contributed by atoms with E-state index < -0.39 is 20.0 Å². The van der Waals surface area contributed by atoms with Gasteiger partial charge >= 0.3 is 13.8 Å². The Labute approximate surface area is 497 Å². The van der Waals surface area contributed by atoms with E-state index in [1.54, 1.807) is 0 Å². The number of hydrogen-bond acceptors (Lipinski definition) is 6. The van der Waals surface area contributed by atoms with Gasteiger partial charge in [0.2, 0.25) is 5.91 Å². The number of phosphoric acid groups is 1. The summed E-state index contributed by atoms with van der Waals surface area (Å²) in [5.74, 6) is -0.505. The lowest BCUT2D eigenvalue weighted by Gasteiger charge is -2.27. The lowest BCUT2D eigenvalue weighted by molar-refractivity contribution is -0.870. The third-order valence-electron chi connectivity index (χ3n) is 15.5. The predicted molar refractivity (Wildman–Crippen MR) is 346 cm³/mol. The fraction of sp³-hybridized carbons (Fsp3) is 0.857. The number of unbranched alkanes of at least 4 members (excludes halogenated alkanes) is 42. The number of carbonyl (C=O) groups excluding carboxylic acids is 2. The van der Waals surface area contributed by atoms with E-state index in [4.69, 9.17) is 13.8 Å². The maximum atomic E-state index is 13.6. The number of amides is 1. The number of rotatable bonds is 63. The topological polar surface area (TPSA) is 111 Å². The van der Waals surface area contributed by atoms with Gasteiger partial charge in [-0.3, -0.25) is 18.6 Å². The van der Waals surface area contributed by atoms with Crippen molar-refractivity contribution in [3.8, 4) is 0 Å². The van der Waals surface area contributed by atoms with Crippen molar-refractivity contribution in [2.45, 2.75) is 348 Å². The van der Waals surface area contributed by atoms with E-state index in [-0.39, 0.29) is 25.1 Å². The molecule has 9 nitrogen and oxygen atoms in total. The van der Waals surface area contributed by atoms with Crippen LogP contribution in [0.5, 0.6) is 0 Å². The van der Waals surface area contributed by atoms with Crippen LogP contribution in [0.2, 0.25) is 0 Å². The summed E-state index contributed by atoms with van der Waals surface area (Å²) in [6, 6.07) is -0.853. The summed E-state index contributed by atoms with van der Waals surface area (Å²) in [4.78, 5) is 37.8. The zero-order valence-electron chi connectivity index (χ0n) is 53.8. The molecule has 0 aromatic rings. The Morgan fingerprint density at radius 2 is 0.762 bits per heavy atom. The summed E-state index contributed by atoms with van der Waals surface area (Å²) in [6.07, 6.45) is 75.6. The fourth-order valence-corrected chi connectivity index (χ4v) is 10.9. The Balaban J connectivity index is 5.00. The number of allylic oxidation sites excluding steroid dienone is 7. The van der Waals surface area contributed by atoms with Crippen LogP contribution in [0.1, 0.15) is 335 Å². The van der Waals surface area contributed by atoms with Crippen LogP contribution in [0.25, 0.3) is 0 Å². The highest BCUT2D eigenvalue weighted by molar-refractivity contribution is 7.47. The zero-order valence-corrected chi connectivity index (χ0v) is 54.7. The minimum atomic E-state index is -4.45. The molecule has 0 saturated carbocycles. The smallest absolute Gasteiger partial charge is 0.456 e. The minimum Gasteiger partial charge on any atom is -0.456 e. The number of ether oxygens (including phenoxy) is 1. The van der Waals surface area contributed by atoms with Crippen molar-refractivity contribution in [1.29, 1.82) is 0 Å². The molecule has 0 bridgehead atoms. The number of phosphoric ester groups is 1. The van der Waals surface area contributed by atoms with Crippen molar-refractivity contribution in [2.75, 3.05) is 40.9 Å². The summed E-state index contributed by atoms with van der Waals surface area (Å²) in [7, 11) is 1.50. The van der Waals surface area contributed by atoms with Gasteiger partial charge in [-0.05, 0) is 83.1 Å². The number of likely N-dealkylation sites (N-methyl/N-ethyl adjacent to an activating group) is 1. The molecule has 0 rings (SSSR count). The van der Waals surface area contributed by atoms with Gasteiger partial charge in [-0.2, -0.15) is 0 Å². The molecule has 0 aromatic carbocycles. The van der Waals surface area contributed by atoms with E-state index >= 15 is 0 Å². The fourth-order valence-electron chi connectivity index (χ4n) is 10.2. The number of nitrogens with zero attached hydrogens (tertiary/aromatic N) is 1. The van der Waals surface area contributed by atoms with Gasteiger partial charge in [0.15, 0.2) is 0 Å². The molecule has 3 atom stereocenters. The summed E-state index contributed by atoms with van der Waals surface area (Å²) in [5, 5.41) is 3.06. The monoisotopic (exact) mass is 1150 g/mol. The third kappa shape index (κ3) is 60.6. The quantitative estimate of drug-likeness (QED) is 0.0156. The first-order valence-corrected chi connectivity index (χ1v) is 36.0. The number of esters is 1. The molecular formula is C70H134N2O7P+. The molecule has 0 aliphatic carbocycles. The van der Waals surface area contributed by atoms with Gasteiger partial charge in [-0.1, -0.05) is 288 Å². The van der Waals surface area contributed by atoms with Crippen LogP contribution in [0.4, 0.5) is 0 Å². The second-order valence-electron chi connectivity index (χ2n) is 24.7. The standard InChI is InChI=1S/C70H133N2O7P/c1-7-10-13-16-19-22-25-28-30-31-32-33-34-35-36-37-38-39-40-41-43-45-48-51-54-57-60-63-70(74)79-68(61-58-55-52-49-46-27-24-21-18-15-12-9-3)67(66-78-80(75,76)77-65-64-72(4,5)6)71-69(73)62-59-56-53-50-47-44-42-29-26-23-20-17-14-11-8-2/h20,23,26,28-30,58,61,67-68H,7-19,21-22,24-25,27,31-57,59-60,62-66H2,1-6H3,(H-,71,73,75,76)/p+1/b23-20+,29-26+,30-28+,61-58-. The molecule has 0 aromatic heterocycles. The Hall–Kier alpha value is -2.03. The van der Waals surface area contributed by atoms with Crippen LogP contribution in [-0.2, 0) is 27.9 Å². The molecule has 1 amide bonds. The average molecular weight is 1150 g/mol. The maximum absolute atomic E-state index is 13.6. The van der Waals surface area contributed by atoms with E-state index in [0.29, 0.717) is 23.9 Å². The van der Waals surface area contributed by atoms with Gasteiger partial charge in [0, 0.05) is 12.8 Å². The van der Waals surface area contributed by atoms with Gasteiger partial charge in [-0.15, -0.1) is 0 Å². The zero-order chi connectivity index (χ0) is 58.6. The molecule has 10 heteroatoms. The average Bonchev–Trinajstić information content (AvgIpc) is 3.42. The second kappa shape index (κ2) is 60.1. The number of hydrogen-bond donors (Lipinski definition) is 2. The first-order chi connectivity index (χ1) is 38.9. The van der Waals surface area contributed by atoms with Crippen molar-refractivity contribution < 1.29 is 37.3 Å².